The van der Waals surface area contributed by atoms with Crippen molar-refractivity contribution in [3.63, 3.8) is 0 Å². The van der Waals surface area contributed by atoms with E-state index in [4.69, 9.17) is 11.6 Å². The summed E-state index contributed by atoms with van der Waals surface area (Å²) < 4.78 is 0. The van der Waals surface area contributed by atoms with Crippen LogP contribution in [-0.4, -0.2) is 47.9 Å². The Morgan fingerprint density at radius 1 is 1.10 bits per heavy atom. The fourth-order valence-electron chi connectivity index (χ4n) is 4.67. The van der Waals surface area contributed by atoms with Gasteiger partial charge in [-0.15, -0.1) is 0 Å². The average Bonchev–Trinajstić information content (AvgIpc) is 3.32. The van der Waals surface area contributed by atoms with Crippen LogP contribution in [0.4, 0.5) is 11.5 Å². The van der Waals surface area contributed by atoms with E-state index in [1.54, 1.807) is 12.3 Å². The van der Waals surface area contributed by atoms with Crippen LogP contribution in [0.5, 0.6) is 0 Å². The summed E-state index contributed by atoms with van der Waals surface area (Å²) in [6, 6.07) is 9.97. The number of carbonyl (C=O) groups excluding carboxylic acids is 2. The Labute approximate surface area is 180 Å². The topological polar surface area (TPSA) is 65.5 Å². The Balaban J connectivity index is 1.19. The van der Waals surface area contributed by atoms with Gasteiger partial charge in [-0.25, -0.2) is 4.98 Å². The van der Waals surface area contributed by atoms with Crippen molar-refractivity contribution >= 4 is 41.0 Å². The number of aromatic nitrogens is 1. The predicted octanol–water partition coefficient (Wildman–Crippen LogP) is 3.23. The van der Waals surface area contributed by atoms with Crippen molar-refractivity contribution in [1.29, 1.82) is 0 Å². The van der Waals surface area contributed by atoms with Crippen LogP contribution in [0.3, 0.4) is 0 Å². The first-order chi connectivity index (χ1) is 14.5. The zero-order valence-corrected chi connectivity index (χ0v) is 17.3. The number of rotatable bonds is 3. The molecular formula is C23H23ClN4O2. The van der Waals surface area contributed by atoms with Crippen LogP contribution in [0.2, 0.25) is 5.02 Å². The fourth-order valence-corrected chi connectivity index (χ4v) is 4.80. The summed E-state index contributed by atoms with van der Waals surface area (Å²) in [5, 5.41) is 3.53. The number of nitrogens with one attached hydrogen (secondary N) is 1. The van der Waals surface area contributed by atoms with Crippen LogP contribution in [0.15, 0.2) is 42.6 Å². The number of hydrogen-bond acceptors (Lipinski definition) is 4. The van der Waals surface area contributed by atoms with Gasteiger partial charge in [0.05, 0.1) is 0 Å². The van der Waals surface area contributed by atoms with Crippen molar-refractivity contribution in [3.8, 4) is 0 Å². The van der Waals surface area contributed by atoms with Crippen LogP contribution < -0.4 is 10.2 Å². The average molecular weight is 423 g/mol. The van der Waals surface area contributed by atoms with Crippen molar-refractivity contribution in [2.45, 2.75) is 12.8 Å². The van der Waals surface area contributed by atoms with Crippen LogP contribution in [0.25, 0.3) is 6.08 Å². The normalized spacial score (nSPS) is 22.9. The second-order valence-electron chi connectivity index (χ2n) is 8.30. The number of nitrogens with zero attached hydrogens (tertiary/aromatic N) is 3. The number of likely N-dealkylation sites (tertiary alicyclic amines) is 1. The molecule has 3 aliphatic heterocycles. The first-order valence-electron chi connectivity index (χ1n) is 10.3. The Bertz CT molecular complexity index is 1010. The van der Waals surface area contributed by atoms with E-state index in [0.29, 0.717) is 30.5 Å². The van der Waals surface area contributed by atoms with Gasteiger partial charge in [-0.05, 0) is 54.0 Å². The molecule has 0 radical (unpaired) electrons. The third-order valence-corrected chi connectivity index (χ3v) is 6.53. The maximum absolute atomic E-state index is 12.7. The number of anilines is 2. The second kappa shape index (κ2) is 7.76. The summed E-state index contributed by atoms with van der Waals surface area (Å²) in [6.07, 6.45) is 6.31. The van der Waals surface area contributed by atoms with Gasteiger partial charge >= 0.3 is 0 Å². The molecule has 1 aromatic heterocycles. The van der Waals surface area contributed by atoms with Gasteiger partial charge in [-0.3, -0.25) is 9.59 Å². The van der Waals surface area contributed by atoms with Crippen LogP contribution in [0, 0.1) is 11.8 Å². The Morgan fingerprint density at radius 2 is 1.83 bits per heavy atom. The molecule has 7 heteroatoms. The smallest absolute Gasteiger partial charge is 0.246 e. The van der Waals surface area contributed by atoms with Gasteiger partial charge in [0.2, 0.25) is 11.8 Å². The summed E-state index contributed by atoms with van der Waals surface area (Å²) in [7, 11) is 0. The van der Waals surface area contributed by atoms with Gasteiger partial charge in [0.1, 0.15) is 5.82 Å². The van der Waals surface area contributed by atoms with Crippen molar-refractivity contribution in [3.05, 3.63) is 58.8 Å². The van der Waals surface area contributed by atoms with Gasteiger partial charge in [-0.2, -0.15) is 0 Å². The molecule has 154 valence electrons. The SMILES string of the molecule is O=C1CCc2cc(/C=C/C(=O)N3C[C@@H]4CN(c5ccc(Cl)cc5)C[C@@H]4C3)cnc2N1. The zero-order valence-electron chi connectivity index (χ0n) is 16.6. The lowest BCUT2D eigenvalue weighted by Gasteiger charge is -2.22. The third-order valence-electron chi connectivity index (χ3n) is 6.28. The Kier molecular flexibility index (Phi) is 4.95. The van der Waals surface area contributed by atoms with Crippen LogP contribution in [-0.2, 0) is 16.0 Å². The highest BCUT2D eigenvalue weighted by Gasteiger charge is 2.41. The first-order valence-corrected chi connectivity index (χ1v) is 10.7. The standard InChI is InChI=1S/C23H23ClN4O2/c24-19-3-5-20(6-4-19)27-11-17-13-28(14-18(17)12-27)22(30)8-1-15-9-16-2-7-21(29)26-23(16)25-10-15/h1,3-6,8-10,17-18H,2,7,11-14H2,(H,25,26,29)/b8-1+/t17-,18+. The molecule has 30 heavy (non-hydrogen) atoms. The molecule has 2 saturated heterocycles. The van der Waals surface area contributed by atoms with Gasteiger partial charge < -0.3 is 15.1 Å². The predicted molar refractivity (Wildman–Crippen MR) is 117 cm³/mol. The minimum absolute atomic E-state index is 0.00248. The van der Waals surface area contributed by atoms with Crippen molar-refractivity contribution < 1.29 is 9.59 Å². The number of hydrogen-bond donors (Lipinski definition) is 1. The molecule has 5 rings (SSSR count). The number of benzene rings is 1. The van der Waals surface area contributed by atoms with Crippen molar-refractivity contribution in [1.82, 2.24) is 9.88 Å². The van der Waals surface area contributed by atoms with Gasteiger partial charge in [0.15, 0.2) is 0 Å². The summed E-state index contributed by atoms with van der Waals surface area (Å²) in [5.41, 5.74) is 3.09. The number of halogens is 1. The van der Waals surface area contributed by atoms with Crippen LogP contribution in [0.1, 0.15) is 17.5 Å². The van der Waals surface area contributed by atoms with E-state index in [9.17, 15) is 9.59 Å². The summed E-state index contributed by atoms with van der Waals surface area (Å²) >= 11 is 5.99. The largest absolute Gasteiger partial charge is 0.371 e. The maximum atomic E-state index is 12.7. The molecule has 0 unspecified atom stereocenters. The van der Waals surface area contributed by atoms with E-state index >= 15 is 0 Å². The van der Waals surface area contributed by atoms with E-state index in [0.717, 1.165) is 42.3 Å². The molecule has 6 nitrogen and oxygen atoms in total. The molecule has 1 N–H and O–H groups in total. The number of pyridine rings is 1. The quantitative estimate of drug-likeness (QED) is 0.771. The molecule has 2 fully saturated rings. The van der Waals surface area contributed by atoms with E-state index in [1.165, 1.54) is 5.69 Å². The molecule has 2 aromatic rings. The molecule has 3 aliphatic rings. The lowest BCUT2D eigenvalue weighted by Crippen LogP contribution is -2.32. The molecular weight excluding hydrogens is 400 g/mol. The highest BCUT2D eigenvalue weighted by molar-refractivity contribution is 6.30. The molecule has 2 amide bonds. The van der Waals surface area contributed by atoms with E-state index in [-0.39, 0.29) is 11.8 Å². The summed E-state index contributed by atoms with van der Waals surface area (Å²) in [6.45, 7) is 3.54. The van der Waals surface area contributed by atoms with Crippen molar-refractivity contribution in [2.24, 2.45) is 11.8 Å². The van der Waals surface area contributed by atoms with Crippen LogP contribution >= 0.6 is 11.6 Å². The Hall–Kier alpha value is -2.86. The second-order valence-corrected chi connectivity index (χ2v) is 8.74. The van der Waals surface area contributed by atoms with Crippen molar-refractivity contribution in [2.75, 3.05) is 36.4 Å². The molecule has 0 saturated carbocycles. The Morgan fingerprint density at radius 3 is 2.57 bits per heavy atom. The molecule has 1 aromatic carbocycles. The number of fused-ring (bicyclic) bond motifs is 2. The molecule has 0 bridgehead atoms. The third kappa shape index (κ3) is 3.79. The fraction of sp³-hybridized carbons (Fsp3) is 0.348. The van der Waals surface area contributed by atoms with Gasteiger partial charge in [0.25, 0.3) is 0 Å². The molecule has 4 heterocycles. The minimum atomic E-state index is 0.00248. The lowest BCUT2D eigenvalue weighted by atomic mass is 10.0. The molecule has 0 spiro atoms. The number of aryl methyl sites for hydroxylation is 1. The first kappa shape index (κ1) is 19.1. The van der Waals surface area contributed by atoms with E-state index < -0.39 is 0 Å². The van der Waals surface area contributed by atoms with Gasteiger partial charge in [-0.1, -0.05) is 11.6 Å². The number of amides is 2. The minimum Gasteiger partial charge on any atom is -0.371 e. The number of carbonyl (C=O) groups is 2. The van der Waals surface area contributed by atoms with E-state index in [2.05, 4.69) is 27.3 Å². The zero-order chi connectivity index (χ0) is 20.7. The monoisotopic (exact) mass is 422 g/mol. The highest BCUT2D eigenvalue weighted by Crippen LogP contribution is 2.34. The molecule has 2 atom stereocenters. The van der Waals surface area contributed by atoms with E-state index in [1.807, 2.05) is 29.2 Å². The summed E-state index contributed by atoms with van der Waals surface area (Å²) in [4.78, 5) is 32.8. The maximum Gasteiger partial charge on any atom is 0.246 e. The lowest BCUT2D eigenvalue weighted by molar-refractivity contribution is -0.125. The molecule has 0 aliphatic carbocycles. The van der Waals surface area contributed by atoms with Gasteiger partial charge in [0, 0.05) is 67.4 Å². The highest BCUT2D eigenvalue weighted by atomic mass is 35.5. The summed E-state index contributed by atoms with van der Waals surface area (Å²) in [5.74, 6) is 1.70.